The molecule has 3 rings (SSSR count). The Morgan fingerprint density at radius 1 is 0.950 bits per heavy atom. The fourth-order valence-electron chi connectivity index (χ4n) is 3.01. The molecule has 0 saturated heterocycles. The SMILES string of the molecule is NCc1cccc(C(O)c2ccc3c(c2)CCCC3)c1. The summed E-state index contributed by atoms with van der Waals surface area (Å²) >= 11 is 0. The molecule has 1 aliphatic rings. The smallest absolute Gasteiger partial charge is 0.104 e. The van der Waals surface area contributed by atoms with Gasteiger partial charge in [0.05, 0.1) is 0 Å². The largest absolute Gasteiger partial charge is 0.384 e. The van der Waals surface area contributed by atoms with Crippen molar-refractivity contribution in [1.82, 2.24) is 0 Å². The second-order valence-electron chi connectivity index (χ2n) is 5.59. The van der Waals surface area contributed by atoms with Crippen LogP contribution in [-0.2, 0) is 19.4 Å². The molecule has 104 valence electrons. The summed E-state index contributed by atoms with van der Waals surface area (Å²) in [4.78, 5) is 0. The Labute approximate surface area is 120 Å². The summed E-state index contributed by atoms with van der Waals surface area (Å²) in [6.45, 7) is 0.505. The third kappa shape index (κ3) is 2.62. The number of aryl methyl sites for hydroxylation is 2. The highest BCUT2D eigenvalue weighted by Gasteiger charge is 2.15. The van der Waals surface area contributed by atoms with Crippen LogP contribution in [0.2, 0.25) is 0 Å². The molecule has 1 unspecified atom stereocenters. The number of aliphatic hydroxyl groups is 1. The highest BCUT2D eigenvalue weighted by molar-refractivity contribution is 5.39. The monoisotopic (exact) mass is 267 g/mol. The van der Waals surface area contributed by atoms with Crippen LogP contribution in [0.25, 0.3) is 0 Å². The van der Waals surface area contributed by atoms with Crippen molar-refractivity contribution in [3.05, 3.63) is 70.3 Å². The number of hydrogen-bond acceptors (Lipinski definition) is 2. The lowest BCUT2D eigenvalue weighted by molar-refractivity contribution is 0.220. The normalized spacial score (nSPS) is 15.7. The average Bonchev–Trinajstić information content (AvgIpc) is 2.53. The van der Waals surface area contributed by atoms with Gasteiger partial charge in [-0.15, -0.1) is 0 Å². The lowest BCUT2D eigenvalue weighted by Crippen LogP contribution is -2.07. The van der Waals surface area contributed by atoms with Gasteiger partial charge in [-0.2, -0.15) is 0 Å². The molecule has 0 amide bonds. The first-order valence-corrected chi connectivity index (χ1v) is 7.36. The summed E-state index contributed by atoms with van der Waals surface area (Å²) in [7, 11) is 0. The van der Waals surface area contributed by atoms with Crippen LogP contribution >= 0.6 is 0 Å². The van der Waals surface area contributed by atoms with E-state index in [-0.39, 0.29) is 0 Å². The van der Waals surface area contributed by atoms with E-state index in [1.54, 1.807) is 0 Å². The average molecular weight is 267 g/mol. The minimum atomic E-state index is -0.561. The standard InChI is InChI=1S/C18H21NO/c19-12-13-4-3-7-16(10-13)18(20)17-9-8-14-5-1-2-6-15(14)11-17/h3-4,7-11,18,20H,1-2,5-6,12,19H2. The molecule has 0 saturated carbocycles. The Balaban J connectivity index is 1.91. The molecule has 2 heteroatoms. The van der Waals surface area contributed by atoms with Crippen LogP contribution in [0.5, 0.6) is 0 Å². The van der Waals surface area contributed by atoms with Gasteiger partial charge in [0.2, 0.25) is 0 Å². The molecular weight excluding hydrogens is 246 g/mol. The van der Waals surface area contributed by atoms with Gasteiger partial charge in [0, 0.05) is 6.54 Å². The summed E-state index contributed by atoms with van der Waals surface area (Å²) in [5.41, 5.74) is 11.5. The molecular formula is C18H21NO. The fraction of sp³-hybridized carbons (Fsp3) is 0.333. The van der Waals surface area contributed by atoms with E-state index < -0.39 is 6.10 Å². The number of rotatable bonds is 3. The van der Waals surface area contributed by atoms with Crippen LogP contribution in [0, 0.1) is 0 Å². The van der Waals surface area contributed by atoms with Crippen LogP contribution in [0.4, 0.5) is 0 Å². The lowest BCUT2D eigenvalue weighted by Gasteiger charge is -2.19. The first-order valence-electron chi connectivity index (χ1n) is 7.36. The number of benzene rings is 2. The molecule has 0 fully saturated rings. The van der Waals surface area contributed by atoms with Crippen molar-refractivity contribution in [2.45, 2.75) is 38.3 Å². The molecule has 2 aromatic rings. The second-order valence-corrected chi connectivity index (χ2v) is 5.59. The molecule has 0 aliphatic heterocycles. The van der Waals surface area contributed by atoms with Crippen molar-refractivity contribution < 1.29 is 5.11 Å². The van der Waals surface area contributed by atoms with E-state index in [1.807, 2.05) is 24.3 Å². The topological polar surface area (TPSA) is 46.2 Å². The predicted octanol–water partition coefficient (Wildman–Crippen LogP) is 3.11. The zero-order chi connectivity index (χ0) is 13.9. The summed E-state index contributed by atoms with van der Waals surface area (Å²) < 4.78 is 0. The molecule has 3 N–H and O–H groups in total. The summed E-state index contributed by atoms with van der Waals surface area (Å²) in [5, 5.41) is 10.6. The van der Waals surface area contributed by atoms with Gasteiger partial charge in [0.15, 0.2) is 0 Å². The number of hydrogen-bond donors (Lipinski definition) is 2. The van der Waals surface area contributed by atoms with Crippen molar-refractivity contribution in [3.63, 3.8) is 0 Å². The fourth-order valence-corrected chi connectivity index (χ4v) is 3.01. The first kappa shape index (κ1) is 13.3. The molecule has 2 aromatic carbocycles. The Hall–Kier alpha value is -1.64. The van der Waals surface area contributed by atoms with Gasteiger partial charge in [-0.05, 0) is 53.5 Å². The zero-order valence-electron chi connectivity index (χ0n) is 11.7. The third-order valence-corrected chi connectivity index (χ3v) is 4.19. The molecule has 0 heterocycles. The Morgan fingerprint density at radius 2 is 1.70 bits per heavy atom. The summed E-state index contributed by atoms with van der Waals surface area (Å²) in [6, 6.07) is 14.3. The number of aliphatic hydroxyl groups excluding tert-OH is 1. The van der Waals surface area contributed by atoms with Crippen molar-refractivity contribution in [2.75, 3.05) is 0 Å². The van der Waals surface area contributed by atoms with E-state index in [1.165, 1.54) is 30.4 Å². The van der Waals surface area contributed by atoms with E-state index in [0.717, 1.165) is 23.1 Å². The molecule has 0 radical (unpaired) electrons. The zero-order valence-corrected chi connectivity index (χ0v) is 11.7. The molecule has 0 bridgehead atoms. The molecule has 1 aliphatic carbocycles. The van der Waals surface area contributed by atoms with Gasteiger partial charge in [-0.1, -0.05) is 42.5 Å². The van der Waals surface area contributed by atoms with Crippen molar-refractivity contribution in [3.8, 4) is 0 Å². The highest BCUT2D eigenvalue weighted by atomic mass is 16.3. The minimum absolute atomic E-state index is 0.505. The number of fused-ring (bicyclic) bond motifs is 1. The molecule has 1 atom stereocenters. The van der Waals surface area contributed by atoms with Crippen LogP contribution in [0.1, 0.15) is 46.8 Å². The Morgan fingerprint density at radius 3 is 2.50 bits per heavy atom. The van der Waals surface area contributed by atoms with Crippen LogP contribution < -0.4 is 5.73 Å². The summed E-state index contributed by atoms with van der Waals surface area (Å²) in [5.74, 6) is 0. The maximum atomic E-state index is 10.6. The maximum Gasteiger partial charge on any atom is 0.104 e. The van der Waals surface area contributed by atoms with Crippen molar-refractivity contribution in [1.29, 1.82) is 0 Å². The van der Waals surface area contributed by atoms with Crippen LogP contribution in [0.15, 0.2) is 42.5 Å². The van der Waals surface area contributed by atoms with E-state index in [9.17, 15) is 5.11 Å². The molecule has 0 aromatic heterocycles. The quantitative estimate of drug-likeness (QED) is 0.897. The second kappa shape index (κ2) is 5.78. The first-order chi connectivity index (χ1) is 9.78. The van der Waals surface area contributed by atoms with E-state index in [0.29, 0.717) is 6.54 Å². The van der Waals surface area contributed by atoms with Gasteiger partial charge >= 0.3 is 0 Å². The van der Waals surface area contributed by atoms with Crippen molar-refractivity contribution in [2.24, 2.45) is 5.73 Å². The van der Waals surface area contributed by atoms with E-state index >= 15 is 0 Å². The van der Waals surface area contributed by atoms with Crippen molar-refractivity contribution >= 4 is 0 Å². The Bertz CT molecular complexity index is 606. The van der Waals surface area contributed by atoms with Gasteiger partial charge in [0.1, 0.15) is 6.10 Å². The van der Waals surface area contributed by atoms with Gasteiger partial charge < -0.3 is 10.8 Å². The van der Waals surface area contributed by atoms with E-state index in [2.05, 4.69) is 18.2 Å². The molecule has 2 nitrogen and oxygen atoms in total. The Kier molecular flexibility index (Phi) is 3.86. The highest BCUT2D eigenvalue weighted by Crippen LogP contribution is 2.28. The lowest BCUT2D eigenvalue weighted by atomic mass is 9.88. The molecule has 20 heavy (non-hydrogen) atoms. The third-order valence-electron chi connectivity index (χ3n) is 4.19. The maximum absolute atomic E-state index is 10.6. The van der Waals surface area contributed by atoms with E-state index in [4.69, 9.17) is 5.73 Å². The van der Waals surface area contributed by atoms with Gasteiger partial charge in [-0.3, -0.25) is 0 Å². The van der Waals surface area contributed by atoms with Crippen LogP contribution in [0.3, 0.4) is 0 Å². The summed E-state index contributed by atoms with van der Waals surface area (Å²) in [6.07, 6.45) is 4.30. The van der Waals surface area contributed by atoms with Gasteiger partial charge in [0.25, 0.3) is 0 Å². The number of nitrogens with two attached hydrogens (primary N) is 1. The molecule has 0 spiro atoms. The predicted molar refractivity (Wildman–Crippen MR) is 81.5 cm³/mol. The minimum Gasteiger partial charge on any atom is -0.384 e. The van der Waals surface area contributed by atoms with Crippen LogP contribution in [-0.4, -0.2) is 5.11 Å². The van der Waals surface area contributed by atoms with Gasteiger partial charge in [-0.25, -0.2) is 0 Å².